The molecular weight excluding hydrogens is 152 g/mol. The van der Waals surface area contributed by atoms with Crippen LogP contribution < -0.4 is 4.74 Å². The van der Waals surface area contributed by atoms with Gasteiger partial charge in [0.1, 0.15) is 18.0 Å². The fraction of sp³-hybridized carbons (Fsp3) is 0.400. The first-order chi connectivity index (χ1) is 5.79. The summed E-state index contributed by atoms with van der Waals surface area (Å²) in [5.41, 5.74) is -0.0180. The van der Waals surface area contributed by atoms with Crippen LogP contribution in [-0.2, 0) is 4.74 Å². The summed E-state index contributed by atoms with van der Waals surface area (Å²) in [6, 6.07) is 9.80. The zero-order valence-corrected chi connectivity index (χ0v) is 7.12. The number of para-hydroxylation sites is 1. The highest BCUT2D eigenvalue weighted by Crippen LogP contribution is 2.26. The Morgan fingerprint density at radius 3 is 2.67 bits per heavy atom. The summed E-state index contributed by atoms with van der Waals surface area (Å²) in [6.07, 6.45) is 0. The highest BCUT2D eigenvalue weighted by Gasteiger charge is 2.40. The molecule has 64 valence electrons. The Bertz CT molecular complexity index is 252. The zero-order chi connectivity index (χ0) is 8.44. The van der Waals surface area contributed by atoms with E-state index in [0.29, 0.717) is 6.61 Å². The fourth-order valence-electron chi connectivity index (χ4n) is 0.959. The van der Waals surface area contributed by atoms with E-state index in [-0.39, 0.29) is 5.60 Å². The highest BCUT2D eigenvalue weighted by atomic mass is 16.6. The minimum Gasteiger partial charge on any atom is -0.491 e. The van der Waals surface area contributed by atoms with Gasteiger partial charge in [0.2, 0.25) is 0 Å². The van der Waals surface area contributed by atoms with Gasteiger partial charge in [-0.1, -0.05) is 18.2 Å². The highest BCUT2D eigenvalue weighted by molar-refractivity contribution is 5.21. The summed E-state index contributed by atoms with van der Waals surface area (Å²) in [4.78, 5) is 0. The number of rotatable bonds is 3. The lowest BCUT2D eigenvalue weighted by Crippen LogP contribution is -2.16. The molecule has 0 radical (unpaired) electrons. The normalized spacial score (nSPS) is 26.8. The summed E-state index contributed by atoms with van der Waals surface area (Å²) in [7, 11) is 0. The maximum atomic E-state index is 5.51. The minimum atomic E-state index is -0.0180. The molecule has 0 spiro atoms. The van der Waals surface area contributed by atoms with Crippen LogP contribution in [0.4, 0.5) is 0 Å². The molecule has 12 heavy (non-hydrogen) atoms. The second kappa shape index (κ2) is 2.79. The Hall–Kier alpha value is -1.02. The predicted octanol–water partition coefficient (Wildman–Crippen LogP) is 1.85. The third-order valence-electron chi connectivity index (χ3n) is 1.92. The molecule has 0 N–H and O–H groups in total. The van der Waals surface area contributed by atoms with Crippen molar-refractivity contribution >= 4 is 0 Å². The van der Waals surface area contributed by atoms with Crippen molar-refractivity contribution in [3.05, 3.63) is 30.3 Å². The SMILES string of the molecule is CC1(COc2ccccc2)CO1. The van der Waals surface area contributed by atoms with E-state index < -0.39 is 0 Å². The van der Waals surface area contributed by atoms with Gasteiger partial charge in [-0.3, -0.25) is 0 Å². The van der Waals surface area contributed by atoms with Crippen molar-refractivity contribution in [3.63, 3.8) is 0 Å². The average Bonchev–Trinajstić information content (AvgIpc) is 2.84. The second-order valence-electron chi connectivity index (χ2n) is 3.34. The Balaban J connectivity index is 1.88. The van der Waals surface area contributed by atoms with Gasteiger partial charge < -0.3 is 9.47 Å². The average molecular weight is 164 g/mol. The van der Waals surface area contributed by atoms with E-state index in [0.717, 1.165) is 12.4 Å². The van der Waals surface area contributed by atoms with Gasteiger partial charge in [0.25, 0.3) is 0 Å². The largest absolute Gasteiger partial charge is 0.491 e. The van der Waals surface area contributed by atoms with Crippen LogP contribution >= 0.6 is 0 Å². The van der Waals surface area contributed by atoms with Crippen molar-refractivity contribution < 1.29 is 9.47 Å². The summed E-state index contributed by atoms with van der Waals surface area (Å²) in [5.74, 6) is 0.911. The summed E-state index contributed by atoms with van der Waals surface area (Å²) < 4.78 is 10.7. The Morgan fingerprint density at radius 2 is 2.08 bits per heavy atom. The third-order valence-corrected chi connectivity index (χ3v) is 1.92. The van der Waals surface area contributed by atoms with E-state index >= 15 is 0 Å². The van der Waals surface area contributed by atoms with E-state index in [2.05, 4.69) is 6.92 Å². The maximum Gasteiger partial charge on any atom is 0.123 e. The van der Waals surface area contributed by atoms with Gasteiger partial charge in [0.05, 0.1) is 6.61 Å². The van der Waals surface area contributed by atoms with Gasteiger partial charge in [0.15, 0.2) is 0 Å². The lowest BCUT2D eigenvalue weighted by molar-refractivity contribution is 0.202. The zero-order valence-electron chi connectivity index (χ0n) is 7.12. The van der Waals surface area contributed by atoms with Crippen molar-refractivity contribution in [2.24, 2.45) is 0 Å². The molecule has 0 aliphatic carbocycles. The third kappa shape index (κ3) is 1.77. The van der Waals surface area contributed by atoms with Crippen LogP contribution in [0.5, 0.6) is 5.75 Å². The molecule has 1 heterocycles. The number of hydrogen-bond acceptors (Lipinski definition) is 2. The molecule has 1 aliphatic rings. The molecule has 0 amide bonds. The monoisotopic (exact) mass is 164 g/mol. The minimum absolute atomic E-state index is 0.0180. The molecule has 0 bridgehead atoms. The molecule has 1 aromatic carbocycles. The molecule has 0 aromatic heterocycles. The van der Waals surface area contributed by atoms with Crippen molar-refractivity contribution in [2.75, 3.05) is 13.2 Å². The van der Waals surface area contributed by atoms with Crippen molar-refractivity contribution in [1.29, 1.82) is 0 Å². The lowest BCUT2D eigenvalue weighted by Gasteiger charge is -2.07. The Labute approximate surface area is 72.1 Å². The van der Waals surface area contributed by atoms with Gasteiger partial charge in [-0.2, -0.15) is 0 Å². The van der Waals surface area contributed by atoms with E-state index in [1.165, 1.54) is 0 Å². The molecule has 2 rings (SSSR count). The van der Waals surface area contributed by atoms with E-state index in [9.17, 15) is 0 Å². The maximum absolute atomic E-state index is 5.51. The van der Waals surface area contributed by atoms with E-state index in [4.69, 9.17) is 9.47 Å². The van der Waals surface area contributed by atoms with E-state index in [1.54, 1.807) is 0 Å². The van der Waals surface area contributed by atoms with Crippen molar-refractivity contribution in [2.45, 2.75) is 12.5 Å². The molecule has 1 aliphatic heterocycles. The number of ether oxygens (including phenoxy) is 2. The van der Waals surface area contributed by atoms with Crippen LogP contribution in [0.25, 0.3) is 0 Å². The van der Waals surface area contributed by atoms with Gasteiger partial charge in [-0.25, -0.2) is 0 Å². The van der Waals surface area contributed by atoms with Crippen LogP contribution in [-0.4, -0.2) is 18.8 Å². The van der Waals surface area contributed by atoms with Gasteiger partial charge in [-0.15, -0.1) is 0 Å². The number of hydrogen-bond donors (Lipinski definition) is 0. The van der Waals surface area contributed by atoms with Crippen LogP contribution in [0.3, 0.4) is 0 Å². The lowest BCUT2D eigenvalue weighted by atomic mass is 10.2. The Kier molecular flexibility index (Phi) is 1.77. The quantitative estimate of drug-likeness (QED) is 0.636. The number of epoxide rings is 1. The van der Waals surface area contributed by atoms with Crippen LogP contribution in [0.1, 0.15) is 6.92 Å². The van der Waals surface area contributed by atoms with Gasteiger partial charge in [-0.05, 0) is 19.1 Å². The fourth-order valence-corrected chi connectivity index (χ4v) is 0.959. The van der Waals surface area contributed by atoms with Crippen LogP contribution in [0.15, 0.2) is 30.3 Å². The molecule has 2 nitrogen and oxygen atoms in total. The van der Waals surface area contributed by atoms with Crippen molar-refractivity contribution in [3.8, 4) is 5.75 Å². The van der Waals surface area contributed by atoms with Crippen LogP contribution in [0.2, 0.25) is 0 Å². The molecular formula is C10H12O2. The first-order valence-electron chi connectivity index (χ1n) is 4.10. The van der Waals surface area contributed by atoms with E-state index in [1.807, 2.05) is 30.3 Å². The smallest absolute Gasteiger partial charge is 0.123 e. The summed E-state index contributed by atoms with van der Waals surface area (Å²) >= 11 is 0. The molecule has 0 saturated carbocycles. The number of benzene rings is 1. The Morgan fingerprint density at radius 1 is 1.42 bits per heavy atom. The first kappa shape index (κ1) is 7.62. The van der Waals surface area contributed by atoms with Crippen molar-refractivity contribution in [1.82, 2.24) is 0 Å². The molecule has 2 heteroatoms. The standard InChI is InChI=1S/C10H12O2/c1-10(8-12-10)7-11-9-5-3-2-4-6-9/h2-6H,7-8H2,1H3. The molecule has 1 aromatic rings. The van der Waals surface area contributed by atoms with Gasteiger partial charge >= 0.3 is 0 Å². The molecule has 1 unspecified atom stereocenters. The first-order valence-corrected chi connectivity index (χ1v) is 4.10. The predicted molar refractivity (Wildman–Crippen MR) is 46.3 cm³/mol. The molecule has 1 saturated heterocycles. The topological polar surface area (TPSA) is 21.8 Å². The second-order valence-corrected chi connectivity index (χ2v) is 3.34. The summed E-state index contributed by atoms with van der Waals surface area (Å²) in [6.45, 7) is 3.52. The molecule has 1 fully saturated rings. The summed E-state index contributed by atoms with van der Waals surface area (Å²) in [5, 5.41) is 0. The molecule has 1 atom stereocenters. The van der Waals surface area contributed by atoms with Crippen LogP contribution in [0, 0.1) is 0 Å². The van der Waals surface area contributed by atoms with Gasteiger partial charge in [0, 0.05) is 0 Å².